The molecular formula is C17H26N2O2S. The lowest BCUT2D eigenvalue weighted by Gasteiger charge is -2.22. The molecule has 1 saturated heterocycles. The van der Waals surface area contributed by atoms with Crippen LogP contribution in [0, 0.1) is 0 Å². The van der Waals surface area contributed by atoms with Gasteiger partial charge in [-0.15, -0.1) is 0 Å². The zero-order valence-electron chi connectivity index (χ0n) is 13.4. The van der Waals surface area contributed by atoms with Crippen molar-refractivity contribution in [2.45, 2.75) is 32.2 Å². The standard InChI is InChI=1S/C17H26N2O2S/c1-13(2)14-3-5-16(6-4-14)21-9-7-19-17(20)11-15-12-22-10-8-18-15/h3-6,13,15,18H,7-12H2,1-2H3,(H,19,20). The molecule has 5 heteroatoms. The molecule has 1 amide bonds. The third kappa shape index (κ3) is 5.89. The van der Waals surface area contributed by atoms with Crippen LogP contribution in [0.1, 0.15) is 31.7 Å². The largest absolute Gasteiger partial charge is 0.492 e. The minimum Gasteiger partial charge on any atom is -0.492 e. The summed E-state index contributed by atoms with van der Waals surface area (Å²) in [5, 5.41) is 6.28. The van der Waals surface area contributed by atoms with Gasteiger partial charge in [0, 0.05) is 30.5 Å². The van der Waals surface area contributed by atoms with Gasteiger partial charge in [0.1, 0.15) is 12.4 Å². The van der Waals surface area contributed by atoms with Crippen LogP contribution in [-0.2, 0) is 4.79 Å². The molecule has 1 aromatic rings. The number of hydrogen-bond acceptors (Lipinski definition) is 4. The lowest BCUT2D eigenvalue weighted by molar-refractivity contribution is -0.121. The van der Waals surface area contributed by atoms with Crippen LogP contribution in [0.5, 0.6) is 5.75 Å². The van der Waals surface area contributed by atoms with Crippen LogP contribution in [0.3, 0.4) is 0 Å². The highest BCUT2D eigenvalue weighted by Crippen LogP contribution is 2.18. The summed E-state index contributed by atoms with van der Waals surface area (Å²) in [6, 6.07) is 8.46. The van der Waals surface area contributed by atoms with Crippen molar-refractivity contribution in [3.05, 3.63) is 29.8 Å². The van der Waals surface area contributed by atoms with Crippen molar-refractivity contribution in [3.8, 4) is 5.75 Å². The minimum absolute atomic E-state index is 0.0961. The number of carbonyl (C=O) groups is 1. The number of nitrogens with one attached hydrogen (secondary N) is 2. The molecular weight excluding hydrogens is 296 g/mol. The van der Waals surface area contributed by atoms with E-state index in [4.69, 9.17) is 4.74 Å². The van der Waals surface area contributed by atoms with E-state index in [0.717, 1.165) is 23.8 Å². The molecule has 1 unspecified atom stereocenters. The van der Waals surface area contributed by atoms with Crippen molar-refractivity contribution in [1.29, 1.82) is 0 Å². The van der Waals surface area contributed by atoms with Gasteiger partial charge in [-0.3, -0.25) is 4.79 Å². The zero-order chi connectivity index (χ0) is 15.8. The maximum Gasteiger partial charge on any atom is 0.221 e. The van der Waals surface area contributed by atoms with E-state index in [-0.39, 0.29) is 5.91 Å². The van der Waals surface area contributed by atoms with Gasteiger partial charge in [-0.2, -0.15) is 11.8 Å². The van der Waals surface area contributed by atoms with Crippen molar-refractivity contribution in [3.63, 3.8) is 0 Å². The first kappa shape index (κ1) is 17.2. The molecule has 0 saturated carbocycles. The van der Waals surface area contributed by atoms with Crippen molar-refractivity contribution in [2.75, 3.05) is 31.2 Å². The van der Waals surface area contributed by atoms with Gasteiger partial charge in [0.25, 0.3) is 0 Å². The smallest absolute Gasteiger partial charge is 0.221 e. The maximum absolute atomic E-state index is 11.8. The van der Waals surface area contributed by atoms with E-state index in [9.17, 15) is 4.79 Å². The molecule has 1 aliphatic rings. The molecule has 2 rings (SSSR count). The molecule has 1 fully saturated rings. The van der Waals surface area contributed by atoms with E-state index in [2.05, 4.69) is 36.6 Å². The number of hydrogen-bond donors (Lipinski definition) is 2. The Hall–Kier alpha value is -1.20. The predicted octanol–water partition coefficient (Wildman–Crippen LogP) is 2.40. The summed E-state index contributed by atoms with van der Waals surface area (Å²) in [5.41, 5.74) is 1.30. The van der Waals surface area contributed by atoms with Gasteiger partial charge < -0.3 is 15.4 Å². The molecule has 0 bridgehead atoms. The number of amides is 1. The Balaban J connectivity index is 1.60. The number of carbonyl (C=O) groups excluding carboxylic acids is 1. The molecule has 1 aliphatic heterocycles. The molecule has 0 aliphatic carbocycles. The Morgan fingerprint density at radius 1 is 1.41 bits per heavy atom. The van der Waals surface area contributed by atoms with E-state index in [1.807, 2.05) is 23.9 Å². The SMILES string of the molecule is CC(C)c1ccc(OCCNC(=O)CC2CSCCN2)cc1. The molecule has 1 aromatic carbocycles. The second-order valence-corrected chi connectivity index (χ2v) is 7.00. The van der Waals surface area contributed by atoms with Gasteiger partial charge in [-0.25, -0.2) is 0 Å². The van der Waals surface area contributed by atoms with E-state index >= 15 is 0 Å². The first-order chi connectivity index (χ1) is 10.6. The van der Waals surface area contributed by atoms with Crippen molar-refractivity contribution in [2.24, 2.45) is 0 Å². The lowest BCUT2D eigenvalue weighted by atomic mass is 10.0. The first-order valence-corrected chi connectivity index (χ1v) is 9.11. The van der Waals surface area contributed by atoms with Gasteiger partial charge in [0.2, 0.25) is 5.91 Å². The van der Waals surface area contributed by atoms with Gasteiger partial charge in [0.05, 0.1) is 6.54 Å². The van der Waals surface area contributed by atoms with Crippen LogP contribution in [-0.4, -0.2) is 43.2 Å². The molecule has 2 N–H and O–H groups in total. The first-order valence-electron chi connectivity index (χ1n) is 7.95. The van der Waals surface area contributed by atoms with E-state index in [1.54, 1.807) is 0 Å². The summed E-state index contributed by atoms with van der Waals surface area (Å²) in [5.74, 6) is 3.64. The van der Waals surface area contributed by atoms with Gasteiger partial charge in [-0.05, 0) is 23.6 Å². The number of ether oxygens (including phenoxy) is 1. The fourth-order valence-corrected chi connectivity index (χ4v) is 3.30. The van der Waals surface area contributed by atoms with Crippen LogP contribution in [0.25, 0.3) is 0 Å². The molecule has 0 radical (unpaired) electrons. The highest BCUT2D eigenvalue weighted by atomic mass is 32.2. The topological polar surface area (TPSA) is 50.4 Å². The lowest BCUT2D eigenvalue weighted by Crippen LogP contribution is -2.41. The maximum atomic E-state index is 11.8. The summed E-state index contributed by atoms with van der Waals surface area (Å²) >= 11 is 1.91. The average molecular weight is 322 g/mol. The molecule has 122 valence electrons. The summed E-state index contributed by atoms with van der Waals surface area (Å²) in [7, 11) is 0. The van der Waals surface area contributed by atoms with Crippen molar-refractivity contribution >= 4 is 17.7 Å². The number of rotatable bonds is 7. The Morgan fingerprint density at radius 2 is 2.18 bits per heavy atom. The summed E-state index contributed by atoms with van der Waals surface area (Å²) < 4.78 is 5.65. The Labute approximate surface area is 137 Å². The highest BCUT2D eigenvalue weighted by molar-refractivity contribution is 7.99. The third-order valence-electron chi connectivity index (χ3n) is 3.67. The molecule has 22 heavy (non-hydrogen) atoms. The van der Waals surface area contributed by atoms with Crippen LogP contribution in [0.4, 0.5) is 0 Å². The molecule has 4 nitrogen and oxygen atoms in total. The number of thioether (sulfide) groups is 1. The Bertz CT molecular complexity index is 456. The average Bonchev–Trinajstić information content (AvgIpc) is 2.53. The van der Waals surface area contributed by atoms with Crippen LogP contribution >= 0.6 is 11.8 Å². The summed E-state index contributed by atoms with van der Waals surface area (Å²) in [6.07, 6.45) is 0.552. The summed E-state index contributed by atoms with van der Waals surface area (Å²) in [6.45, 7) is 6.39. The summed E-state index contributed by atoms with van der Waals surface area (Å²) in [4.78, 5) is 11.8. The minimum atomic E-state index is 0.0961. The third-order valence-corrected chi connectivity index (χ3v) is 4.80. The molecule has 0 aromatic heterocycles. The van der Waals surface area contributed by atoms with E-state index < -0.39 is 0 Å². The Morgan fingerprint density at radius 3 is 2.82 bits per heavy atom. The molecule has 0 spiro atoms. The van der Waals surface area contributed by atoms with Crippen molar-refractivity contribution < 1.29 is 9.53 Å². The second-order valence-electron chi connectivity index (χ2n) is 5.85. The van der Waals surface area contributed by atoms with Crippen LogP contribution < -0.4 is 15.4 Å². The normalized spacial score (nSPS) is 18.2. The quantitative estimate of drug-likeness (QED) is 0.757. The van der Waals surface area contributed by atoms with E-state index in [0.29, 0.717) is 31.5 Å². The predicted molar refractivity (Wildman–Crippen MR) is 92.8 cm³/mol. The van der Waals surface area contributed by atoms with Gasteiger partial charge in [-0.1, -0.05) is 26.0 Å². The fraction of sp³-hybridized carbons (Fsp3) is 0.588. The van der Waals surface area contributed by atoms with Crippen molar-refractivity contribution in [1.82, 2.24) is 10.6 Å². The molecule has 1 heterocycles. The molecule has 1 atom stereocenters. The number of benzene rings is 1. The van der Waals surface area contributed by atoms with Gasteiger partial charge in [0.15, 0.2) is 0 Å². The Kier molecular flexibility index (Phi) is 7.06. The highest BCUT2D eigenvalue weighted by Gasteiger charge is 2.16. The zero-order valence-corrected chi connectivity index (χ0v) is 14.2. The van der Waals surface area contributed by atoms with Gasteiger partial charge >= 0.3 is 0 Å². The van der Waals surface area contributed by atoms with Crippen LogP contribution in [0.2, 0.25) is 0 Å². The van der Waals surface area contributed by atoms with Crippen LogP contribution in [0.15, 0.2) is 24.3 Å². The monoisotopic (exact) mass is 322 g/mol. The van der Waals surface area contributed by atoms with E-state index in [1.165, 1.54) is 5.56 Å². The second kappa shape index (κ2) is 9.06. The fourth-order valence-electron chi connectivity index (χ4n) is 2.36.